The Balaban J connectivity index is 5.25. The normalized spacial score (nSPS) is 15.4. The summed E-state index contributed by atoms with van der Waals surface area (Å²) < 4.78 is 0. The third-order valence-corrected chi connectivity index (χ3v) is 9.75. The molecule has 0 spiro atoms. The molecule has 292 valence electrons. The Kier molecular flexibility index (Phi) is 28.6. The van der Waals surface area contributed by atoms with Crippen molar-refractivity contribution in [3.05, 3.63) is 12.2 Å². The van der Waals surface area contributed by atoms with Gasteiger partial charge in [-0.1, -0.05) is 129 Å². The van der Waals surface area contributed by atoms with E-state index in [1.807, 2.05) is 0 Å². The van der Waals surface area contributed by atoms with Crippen molar-refractivity contribution >= 4 is 23.1 Å². The number of hydrogen-bond acceptors (Lipinski definition) is 10. The van der Waals surface area contributed by atoms with Gasteiger partial charge in [-0.3, -0.25) is 19.2 Å². The molecule has 0 aliphatic carbocycles. The first kappa shape index (κ1) is 48.2. The lowest BCUT2D eigenvalue weighted by molar-refractivity contribution is -0.194. The van der Waals surface area contributed by atoms with Crippen LogP contribution < -0.4 is 0 Å². The van der Waals surface area contributed by atoms with Gasteiger partial charge < -0.3 is 30.6 Å². The fourth-order valence-corrected chi connectivity index (χ4v) is 6.24. The lowest BCUT2D eigenvalue weighted by Gasteiger charge is -2.39. The average molecular weight is 713 g/mol. The standard InChI is InChI=1S/C40H72O10/c1-3-5-7-9-11-13-15-16-18-20-22-24-26-28-36(46)40(50,37(47)30-29-33(43)38(48)34(44)31-41)39(49,32-42)35(45)27-25-23-21-19-17-14-12-10-8-6-4-2/h13,15,34,38,41-42,44,48-50H,3-12,14,16-32H2,1-2H3/b15-13-. The number of aliphatic hydroxyl groups is 6. The number of ketones is 4. The van der Waals surface area contributed by atoms with Crippen molar-refractivity contribution in [2.24, 2.45) is 0 Å². The Morgan fingerprint density at radius 3 is 1.34 bits per heavy atom. The van der Waals surface area contributed by atoms with Gasteiger partial charge in [-0.2, -0.15) is 0 Å². The Labute approximate surface area is 302 Å². The quantitative estimate of drug-likeness (QED) is 0.0249. The fraction of sp³-hybridized carbons (Fsp3) is 0.850. The van der Waals surface area contributed by atoms with Gasteiger partial charge in [0, 0.05) is 25.7 Å². The van der Waals surface area contributed by atoms with Crippen LogP contribution in [0, 0.1) is 0 Å². The lowest BCUT2D eigenvalue weighted by atomic mass is 9.71. The van der Waals surface area contributed by atoms with E-state index in [4.69, 9.17) is 5.11 Å². The summed E-state index contributed by atoms with van der Waals surface area (Å²) in [6.45, 7) is 2.10. The molecular weight excluding hydrogens is 640 g/mol. The smallest absolute Gasteiger partial charge is 0.219 e. The largest absolute Gasteiger partial charge is 0.394 e. The van der Waals surface area contributed by atoms with E-state index in [1.54, 1.807) is 0 Å². The lowest BCUT2D eigenvalue weighted by Crippen LogP contribution is -2.69. The molecule has 0 bridgehead atoms. The zero-order valence-corrected chi connectivity index (χ0v) is 31.4. The summed E-state index contributed by atoms with van der Waals surface area (Å²) in [5.74, 6) is -4.49. The fourth-order valence-electron chi connectivity index (χ4n) is 6.24. The molecule has 0 aliphatic heterocycles. The van der Waals surface area contributed by atoms with Crippen LogP contribution >= 0.6 is 0 Å². The summed E-state index contributed by atoms with van der Waals surface area (Å²) >= 11 is 0. The molecule has 10 heteroatoms. The molecule has 0 saturated carbocycles. The maximum Gasteiger partial charge on any atom is 0.219 e. The van der Waals surface area contributed by atoms with E-state index >= 15 is 0 Å². The number of allylic oxidation sites excluding steroid dienone is 2. The van der Waals surface area contributed by atoms with Crippen LogP contribution in [-0.4, -0.2) is 90.4 Å². The maximum atomic E-state index is 13.5. The molecule has 0 rings (SSSR count). The minimum absolute atomic E-state index is 0.259. The Morgan fingerprint density at radius 2 is 0.900 bits per heavy atom. The summed E-state index contributed by atoms with van der Waals surface area (Å²) in [6.07, 6.45) is 20.4. The van der Waals surface area contributed by atoms with Gasteiger partial charge in [0.1, 0.15) is 12.2 Å². The Morgan fingerprint density at radius 1 is 0.520 bits per heavy atom. The molecule has 0 aromatic heterocycles. The predicted octanol–water partition coefficient (Wildman–Crippen LogP) is 6.17. The van der Waals surface area contributed by atoms with E-state index in [0.717, 1.165) is 57.8 Å². The monoisotopic (exact) mass is 713 g/mol. The SMILES string of the molecule is CCCCCC/C=C\CCCCCCCC(=O)C(O)(C(=O)CCC(=O)C(O)C(O)CO)C(O)(CO)C(=O)CCCCCCCCCCCCC. The molecule has 10 nitrogen and oxygen atoms in total. The van der Waals surface area contributed by atoms with Crippen LogP contribution in [0.1, 0.15) is 181 Å². The number of carbonyl (C=O) groups is 4. The van der Waals surface area contributed by atoms with Crippen molar-refractivity contribution in [1.29, 1.82) is 0 Å². The predicted molar refractivity (Wildman–Crippen MR) is 197 cm³/mol. The van der Waals surface area contributed by atoms with Crippen LogP contribution in [0.3, 0.4) is 0 Å². The van der Waals surface area contributed by atoms with E-state index in [2.05, 4.69) is 26.0 Å². The number of hydrogen-bond donors (Lipinski definition) is 6. The summed E-state index contributed by atoms with van der Waals surface area (Å²) in [7, 11) is 0. The molecular formula is C40H72O10. The Hall–Kier alpha value is -1.82. The number of Topliss-reactive ketones (excluding diaryl/α,β-unsaturated/α-hetero) is 4. The highest BCUT2D eigenvalue weighted by atomic mass is 16.4. The van der Waals surface area contributed by atoms with Crippen molar-refractivity contribution in [3.63, 3.8) is 0 Å². The van der Waals surface area contributed by atoms with Gasteiger partial charge in [0.2, 0.25) is 5.60 Å². The molecule has 0 aromatic carbocycles. The second-order valence-corrected chi connectivity index (χ2v) is 14.1. The first-order valence-corrected chi connectivity index (χ1v) is 19.8. The molecule has 0 fully saturated rings. The van der Waals surface area contributed by atoms with Crippen molar-refractivity contribution in [3.8, 4) is 0 Å². The molecule has 6 N–H and O–H groups in total. The van der Waals surface area contributed by atoms with Crippen LogP contribution in [0.2, 0.25) is 0 Å². The molecule has 0 heterocycles. The van der Waals surface area contributed by atoms with Crippen LogP contribution in [-0.2, 0) is 19.2 Å². The van der Waals surface area contributed by atoms with Crippen molar-refractivity contribution in [2.45, 2.75) is 204 Å². The van der Waals surface area contributed by atoms with Gasteiger partial charge in [-0.05, 0) is 38.5 Å². The number of rotatable bonds is 36. The van der Waals surface area contributed by atoms with Crippen molar-refractivity contribution in [2.75, 3.05) is 13.2 Å². The molecule has 0 aliphatic rings. The van der Waals surface area contributed by atoms with E-state index in [-0.39, 0.29) is 19.3 Å². The molecule has 0 amide bonds. The Bertz CT molecular complexity index is 950. The van der Waals surface area contributed by atoms with Crippen LogP contribution in [0.15, 0.2) is 12.2 Å². The minimum atomic E-state index is -3.29. The van der Waals surface area contributed by atoms with E-state index < -0.39 is 72.6 Å². The van der Waals surface area contributed by atoms with E-state index in [0.29, 0.717) is 19.3 Å². The topological polar surface area (TPSA) is 190 Å². The number of aliphatic hydroxyl groups excluding tert-OH is 4. The molecule has 0 aromatic rings. The van der Waals surface area contributed by atoms with E-state index in [1.165, 1.54) is 57.8 Å². The van der Waals surface area contributed by atoms with Crippen molar-refractivity contribution < 1.29 is 49.8 Å². The maximum absolute atomic E-state index is 13.5. The first-order valence-electron chi connectivity index (χ1n) is 19.8. The van der Waals surface area contributed by atoms with Crippen molar-refractivity contribution in [1.82, 2.24) is 0 Å². The van der Waals surface area contributed by atoms with E-state index in [9.17, 15) is 44.7 Å². The highest BCUT2D eigenvalue weighted by molar-refractivity contribution is 6.16. The zero-order chi connectivity index (χ0) is 37.7. The number of unbranched alkanes of at least 4 members (excludes halogenated alkanes) is 19. The highest BCUT2D eigenvalue weighted by Crippen LogP contribution is 2.32. The summed E-state index contributed by atoms with van der Waals surface area (Å²) in [5, 5.41) is 61.7. The molecule has 4 unspecified atom stereocenters. The third kappa shape index (κ3) is 18.6. The summed E-state index contributed by atoms with van der Waals surface area (Å²) in [5.41, 5.74) is -6.39. The van der Waals surface area contributed by atoms with Crippen LogP contribution in [0.4, 0.5) is 0 Å². The van der Waals surface area contributed by atoms with Gasteiger partial charge in [0.05, 0.1) is 13.2 Å². The molecule has 4 atom stereocenters. The number of carbonyl (C=O) groups excluding carboxylic acids is 4. The van der Waals surface area contributed by atoms with Crippen LogP contribution in [0.5, 0.6) is 0 Å². The molecule has 0 radical (unpaired) electrons. The van der Waals surface area contributed by atoms with Gasteiger partial charge in [-0.25, -0.2) is 0 Å². The molecule has 0 saturated heterocycles. The molecule has 50 heavy (non-hydrogen) atoms. The van der Waals surface area contributed by atoms with Gasteiger partial charge in [-0.15, -0.1) is 0 Å². The zero-order valence-electron chi connectivity index (χ0n) is 31.4. The second kappa shape index (κ2) is 29.7. The summed E-state index contributed by atoms with van der Waals surface area (Å²) in [6, 6.07) is 0. The first-order chi connectivity index (χ1) is 24.0. The van der Waals surface area contributed by atoms with Crippen LogP contribution in [0.25, 0.3) is 0 Å². The summed E-state index contributed by atoms with van der Waals surface area (Å²) in [4.78, 5) is 52.6. The van der Waals surface area contributed by atoms with Gasteiger partial charge in [0.25, 0.3) is 0 Å². The minimum Gasteiger partial charge on any atom is -0.394 e. The highest BCUT2D eigenvalue weighted by Gasteiger charge is 2.62. The average Bonchev–Trinajstić information content (AvgIpc) is 3.12. The third-order valence-electron chi connectivity index (χ3n) is 9.75. The second-order valence-electron chi connectivity index (χ2n) is 14.1. The van der Waals surface area contributed by atoms with Gasteiger partial charge in [0.15, 0.2) is 28.7 Å². The van der Waals surface area contributed by atoms with Gasteiger partial charge >= 0.3 is 0 Å².